The van der Waals surface area contributed by atoms with Crippen molar-refractivity contribution in [3.8, 4) is 23.1 Å². The van der Waals surface area contributed by atoms with Crippen molar-refractivity contribution in [2.24, 2.45) is 0 Å². The standard InChI is InChI=1S/C25H34N6O3.3ClH/c1-17-13-27-25(28-20-11-21(32-3)23(34-5)22(12-20)33-4)29-24(17)31-14-18(2)19(16-31)15-30-9-6-7-26-8-10-30;;;/h11-14,16,26H,6-10,15H2,1-5H3,(H,27,28,29);3*1H. The third-order valence-corrected chi connectivity index (χ3v) is 6.07. The van der Waals surface area contributed by atoms with Crippen molar-refractivity contribution in [2.45, 2.75) is 26.8 Å². The zero-order valence-electron chi connectivity index (χ0n) is 21.9. The molecule has 3 aromatic rings. The van der Waals surface area contributed by atoms with Gasteiger partial charge in [0.25, 0.3) is 0 Å². The molecule has 206 valence electrons. The molecule has 3 heterocycles. The average Bonchev–Trinajstić information content (AvgIpc) is 3.03. The first-order chi connectivity index (χ1) is 16.5. The zero-order valence-corrected chi connectivity index (χ0v) is 24.3. The molecule has 0 aliphatic carbocycles. The molecular formula is C25H37Cl3N6O3. The van der Waals surface area contributed by atoms with Gasteiger partial charge in [-0.3, -0.25) is 4.90 Å². The molecule has 0 spiro atoms. The van der Waals surface area contributed by atoms with Crippen molar-refractivity contribution in [1.29, 1.82) is 0 Å². The Morgan fingerprint density at radius 1 is 0.919 bits per heavy atom. The maximum Gasteiger partial charge on any atom is 0.229 e. The number of rotatable bonds is 8. The number of hydrogen-bond acceptors (Lipinski definition) is 8. The molecule has 1 aliphatic rings. The molecule has 0 bridgehead atoms. The Morgan fingerprint density at radius 2 is 1.62 bits per heavy atom. The number of nitrogens with one attached hydrogen (secondary N) is 2. The molecule has 0 saturated carbocycles. The van der Waals surface area contributed by atoms with Gasteiger partial charge in [0.1, 0.15) is 5.82 Å². The minimum atomic E-state index is 0. The second-order valence-electron chi connectivity index (χ2n) is 8.49. The number of aryl methyl sites for hydroxylation is 2. The normalized spacial score (nSPS) is 13.3. The molecule has 0 unspecified atom stereocenters. The van der Waals surface area contributed by atoms with Crippen molar-refractivity contribution in [3.05, 3.63) is 47.4 Å². The number of aromatic nitrogens is 3. The van der Waals surface area contributed by atoms with E-state index < -0.39 is 0 Å². The Kier molecular flexibility index (Phi) is 13.3. The van der Waals surface area contributed by atoms with Gasteiger partial charge in [0, 0.05) is 61.6 Å². The van der Waals surface area contributed by atoms with E-state index in [0.29, 0.717) is 23.2 Å². The van der Waals surface area contributed by atoms with Crippen LogP contribution < -0.4 is 24.8 Å². The lowest BCUT2D eigenvalue weighted by Gasteiger charge is -2.19. The highest BCUT2D eigenvalue weighted by molar-refractivity contribution is 5.86. The number of anilines is 2. The summed E-state index contributed by atoms with van der Waals surface area (Å²) < 4.78 is 18.4. The summed E-state index contributed by atoms with van der Waals surface area (Å²) in [5.41, 5.74) is 4.31. The van der Waals surface area contributed by atoms with Gasteiger partial charge in [0.15, 0.2) is 11.5 Å². The Labute approximate surface area is 237 Å². The molecule has 0 radical (unpaired) electrons. The second-order valence-corrected chi connectivity index (χ2v) is 8.49. The van der Waals surface area contributed by atoms with Gasteiger partial charge in [0.2, 0.25) is 11.7 Å². The minimum Gasteiger partial charge on any atom is -0.493 e. The summed E-state index contributed by atoms with van der Waals surface area (Å²) in [7, 11) is 4.77. The topological polar surface area (TPSA) is 85.7 Å². The first-order valence-corrected chi connectivity index (χ1v) is 11.5. The van der Waals surface area contributed by atoms with Crippen LogP contribution in [0.25, 0.3) is 5.82 Å². The van der Waals surface area contributed by atoms with Gasteiger partial charge in [-0.05, 0) is 44.5 Å². The quantitative estimate of drug-likeness (QED) is 0.399. The van der Waals surface area contributed by atoms with Crippen LogP contribution in [-0.4, -0.2) is 66.9 Å². The molecule has 1 fully saturated rings. The number of methoxy groups -OCH3 is 3. The zero-order chi connectivity index (χ0) is 24.1. The van der Waals surface area contributed by atoms with Crippen LogP contribution in [0.3, 0.4) is 0 Å². The third-order valence-electron chi connectivity index (χ3n) is 6.07. The first-order valence-electron chi connectivity index (χ1n) is 11.5. The van der Waals surface area contributed by atoms with Crippen molar-refractivity contribution < 1.29 is 14.2 Å². The molecule has 0 atom stereocenters. The predicted octanol–water partition coefficient (Wildman–Crippen LogP) is 4.71. The number of hydrogen-bond donors (Lipinski definition) is 2. The number of ether oxygens (including phenoxy) is 3. The summed E-state index contributed by atoms with van der Waals surface area (Å²) >= 11 is 0. The molecule has 4 rings (SSSR count). The SMILES string of the molecule is COc1cc(Nc2ncc(C)c(-n3cc(C)c(CN4CCCNCC4)c3)n2)cc(OC)c1OC.Cl.Cl.Cl. The summed E-state index contributed by atoms with van der Waals surface area (Å²) in [5, 5.41) is 6.74. The highest BCUT2D eigenvalue weighted by Crippen LogP contribution is 2.40. The van der Waals surface area contributed by atoms with E-state index in [-0.39, 0.29) is 37.2 Å². The van der Waals surface area contributed by atoms with Crippen molar-refractivity contribution >= 4 is 48.9 Å². The van der Waals surface area contributed by atoms with Crippen LogP contribution in [0.2, 0.25) is 0 Å². The molecule has 0 amide bonds. The number of benzene rings is 1. The van der Waals surface area contributed by atoms with Crippen molar-refractivity contribution in [1.82, 2.24) is 24.8 Å². The van der Waals surface area contributed by atoms with E-state index in [2.05, 4.69) is 44.4 Å². The van der Waals surface area contributed by atoms with Crippen LogP contribution in [0.4, 0.5) is 11.6 Å². The maximum atomic E-state index is 5.46. The Hall–Kier alpha value is -2.43. The molecule has 37 heavy (non-hydrogen) atoms. The van der Waals surface area contributed by atoms with Crippen molar-refractivity contribution in [2.75, 3.05) is 52.8 Å². The fourth-order valence-corrected chi connectivity index (χ4v) is 4.22. The largest absolute Gasteiger partial charge is 0.493 e. The van der Waals surface area contributed by atoms with Gasteiger partial charge in [-0.25, -0.2) is 4.98 Å². The number of nitrogens with zero attached hydrogens (tertiary/aromatic N) is 4. The molecule has 2 N–H and O–H groups in total. The van der Waals surface area contributed by atoms with Gasteiger partial charge in [-0.1, -0.05) is 0 Å². The van der Waals surface area contributed by atoms with Gasteiger partial charge in [-0.15, -0.1) is 37.2 Å². The van der Waals surface area contributed by atoms with Gasteiger partial charge >= 0.3 is 0 Å². The van der Waals surface area contributed by atoms with Crippen LogP contribution in [0.15, 0.2) is 30.7 Å². The Bertz CT molecular complexity index is 1110. The van der Waals surface area contributed by atoms with Gasteiger partial charge < -0.3 is 29.4 Å². The lowest BCUT2D eigenvalue weighted by atomic mass is 10.2. The molecule has 1 aromatic carbocycles. The van der Waals surface area contributed by atoms with Crippen LogP contribution >= 0.6 is 37.2 Å². The lowest BCUT2D eigenvalue weighted by Crippen LogP contribution is -2.27. The van der Waals surface area contributed by atoms with Crippen LogP contribution in [0.1, 0.15) is 23.1 Å². The van der Waals surface area contributed by atoms with Crippen LogP contribution in [-0.2, 0) is 6.54 Å². The number of halogens is 3. The first kappa shape index (κ1) is 32.6. The lowest BCUT2D eigenvalue weighted by molar-refractivity contribution is 0.284. The van der Waals surface area contributed by atoms with E-state index in [1.807, 2.05) is 25.3 Å². The second kappa shape index (κ2) is 15.1. The molecular weight excluding hydrogens is 539 g/mol. The van der Waals surface area contributed by atoms with E-state index in [0.717, 1.165) is 49.8 Å². The molecule has 2 aromatic heterocycles. The van der Waals surface area contributed by atoms with E-state index >= 15 is 0 Å². The summed E-state index contributed by atoms with van der Waals surface area (Å²) in [4.78, 5) is 11.8. The predicted molar refractivity (Wildman–Crippen MR) is 155 cm³/mol. The summed E-state index contributed by atoms with van der Waals surface area (Å²) in [6, 6.07) is 3.66. The maximum absolute atomic E-state index is 5.46. The summed E-state index contributed by atoms with van der Waals surface area (Å²) in [6.07, 6.45) is 7.34. The average molecular weight is 576 g/mol. The van der Waals surface area contributed by atoms with Gasteiger partial charge in [-0.2, -0.15) is 4.98 Å². The molecule has 1 saturated heterocycles. The van der Waals surface area contributed by atoms with E-state index in [9.17, 15) is 0 Å². The Balaban J connectivity index is 0.00000228. The monoisotopic (exact) mass is 574 g/mol. The highest BCUT2D eigenvalue weighted by Gasteiger charge is 2.16. The van der Waals surface area contributed by atoms with E-state index in [1.165, 1.54) is 17.5 Å². The van der Waals surface area contributed by atoms with Crippen molar-refractivity contribution in [3.63, 3.8) is 0 Å². The van der Waals surface area contributed by atoms with Crippen LogP contribution in [0, 0.1) is 13.8 Å². The molecule has 9 nitrogen and oxygen atoms in total. The van der Waals surface area contributed by atoms with E-state index in [1.54, 1.807) is 21.3 Å². The molecule has 12 heteroatoms. The minimum absolute atomic E-state index is 0. The fraction of sp³-hybridized carbons (Fsp3) is 0.440. The fourth-order valence-electron chi connectivity index (χ4n) is 4.22. The van der Waals surface area contributed by atoms with E-state index in [4.69, 9.17) is 19.2 Å². The summed E-state index contributed by atoms with van der Waals surface area (Å²) in [6.45, 7) is 9.45. The smallest absolute Gasteiger partial charge is 0.229 e. The third kappa shape index (κ3) is 7.78. The summed E-state index contributed by atoms with van der Waals surface area (Å²) in [5.74, 6) is 2.99. The molecule has 1 aliphatic heterocycles. The Morgan fingerprint density at radius 3 is 2.27 bits per heavy atom. The van der Waals surface area contributed by atoms with Crippen LogP contribution in [0.5, 0.6) is 17.2 Å². The van der Waals surface area contributed by atoms with Gasteiger partial charge in [0.05, 0.1) is 21.3 Å². The highest BCUT2D eigenvalue weighted by atomic mass is 35.5.